The van der Waals surface area contributed by atoms with Crippen molar-refractivity contribution >= 4 is 56.5 Å². The van der Waals surface area contributed by atoms with E-state index in [-0.39, 0.29) is 0 Å². The predicted molar refractivity (Wildman–Crippen MR) is 256 cm³/mol. The van der Waals surface area contributed by atoms with Crippen molar-refractivity contribution in [2.75, 3.05) is 0 Å². The highest BCUT2D eigenvalue weighted by molar-refractivity contribution is 6.18. The number of aliphatic imine (C=N–C) groups is 2. The molecule has 0 radical (unpaired) electrons. The lowest BCUT2D eigenvalue weighted by Gasteiger charge is -2.42. The second-order valence-corrected chi connectivity index (χ2v) is 21.8. The summed E-state index contributed by atoms with van der Waals surface area (Å²) in [7, 11) is 0. The molecule has 8 unspecified atom stereocenters. The van der Waals surface area contributed by atoms with E-state index in [1.807, 2.05) is 0 Å². The smallest absolute Gasteiger partial charge is 0.192 e. The van der Waals surface area contributed by atoms with E-state index in [4.69, 9.17) is 20.0 Å². The Morgan fingerprint density at radius 1 is 0.424 bits per heavy atom. The van der Waals surface area contributed by atoms with Crippen LogP contribution < -0.4 is 11.0 Å². The molecule has 9 atom stereocenters. The lowest BCUT2D eigenvalue weighted by Crippen LogP contribution is -2.72. The zero-order chi connectivity index (χ0) is 42.2. The molecule has 5 aliphatic heterocycles. The van der Waals surface area contributed by atoms with Crippen molar-refractivity contribution in [3.63, 3.8) is 0 Å². The minimum absolute atomic E-state index is 0.433. The van der Waals surface area contributed by atoms with Crippen LogP contribution in [-0.4, -0.2) is 41.6 Å². The third kappa shape index (κ3) is 3.53. The minimum Gasteiger partial charge on any atom is -0.192 e. The molecule has 1 spiro atoms. The highest BCUT2D eigenvalue weighted by atomic mass is 15.7. The molecule has 0 saturated carbocycles. The van der Waals surface area contributed by atoms with Gasteiger partial charge in [0.05, 0.1) is 16.7 Å². The van der Waals surface area contributed by atoms with Gasteiger partial charge in [-0.15, -0.1) is 4.58 Å². The van der Waals surface area contributed by atoms with Gasteiger partial charge in [0, 0.05) is 75.8 Å². The molecule has 7 heterocycles. The molecule has 12 aliphatic carbocycles. The maximum Gasteiger partial charge on any atom is 0.404 e. The van der Waals surface area contributed by atoms with E-state index < -0.39 is 5.91 Å². The zero-order valence-electron chi connectivity index (χ0n) is 36.7. The van der Waals surface area contributed by atoms with Crippen molar-refractivity contribution in [2.45, 2.75) is 112 Å². The van der Waals surface area contributed by atoms with Gasteiger partial charge in [-0.25, -0.2) is 0 Å². The van der Waals surface area contributed by atoms with Crippen molar-refractivity contribution in [1.82, 2.24) is 9.13 Å². The number of nitrogens with zero attached hydrogens (tertiary/aromatic N) is 8. The monoisotopic (exact) mass is 852 g/mol. The van der Waals surface area contributed by atoms with E-state index >= 15 is 0 Å². The number of hydrogen-bond donors (Lipinski definition) is 0. The van der Waals surface area contributed by atoms with Crippen LogP contribution in [0.3, 0.4) is 0 Å². The summed E-state index contributed by atoms with van der Waals surface area (Å²) in [5.41, 5.74) is 17.3. The van der Waals surface area contributed by atoms with Crippen molar-refractivity contribution in [3.8, 4) is 0 Å². The summed E-state index contributed by atoms with van der Waals surface area (Å²) in [5.74, 6) is 8.33. The van der Waals surface area contributed by atoms with Gasteiger partial charge in [0.25, 0.3) is 17.5 Å². The molecule has 17 aliphatic rings. The van der Waals surface area contributed by atoms with Gasteiger partial charge >= 0.3 is 5.91 Å². The van der Waals surface area contributed by atoms with Crippen LogP contribution in [0.1, 0.15) is 167 Å². The van der Waals surface area contributed by atoms with Gasteiger partial charge in [-0.1, -0.05) is 74.6 Å². The van der Waals surface area contributed by atoms with E-state index in [1.54, 1.807) is 0 Å². The Morgan fingerprint density at radius 3 is 1.39 bits per heavy atom. The molecule has 66 heavy (non-hydrogen) atoms. The molecule has 8 heteroatoms. The summed E-state index contributed by atoms with van der Waals surface area (Å²) in [6.07, 6.45) is 29.4. The molecule has 0 N–H and O–H groups in total. The van der Waals surface area contributed by atoms with E-state index in [9.17, 15) is 0 Å². The molecule has 6 aromatic rings. The molecule has 8 bridgehead atoms. The third-order valence-electron chi connectivity index (χ3n) is 19.0. The third-order valence-corrected chi connectivity index (χ3v) is 19.0. The van der Waals surface area contributed by atoms with Crippen LogP contribution in [0.25, 0.3) is 21.5 Å². The van der Waals surface area contributed by atoms with Crippen LogP contribution in [-0.2, 0) is 5.91 Å². The summed E-state index contributed by atoms with van der Waals surface area (Å²) in [5, 5.41) is 4.77. The molecule has 0 saturated heterocycles. The average Bonchev–Trinajstić information content (AvgIpc) is 3.99. The predicted octanol–water partition coefficient (Wildman–Crippen LogP) is 10.5. The number of allylic oxidation sites excluding steroid dienone is 8. The molecule has 4 aromatic carbocycles. The van der Waals surface area contributed by atoms with Gasteiger partial charge < -0.3 is 0 Å². The Kier molecular flexibility index (Phi) is 5.47. The fraction of sp³-hybridized carbons (Fsp3) is 0.310. The summed E-state index contributed by atoms with van der Waals surface area (Å²) in [4.78, 5) is 23.7. The zero-order valence-corrected chi connectivity index (χ0v) is 36.7. The molecule has 8 nitrogen and oxygen atoms in total. The number of rotatable bonds is 1. The Bertz CT molecular complexity index is 3960. The second kappa shape index (κ2) is 10.7. The van der Waals surface area contributed by atoms with E-state index in [1.165, 1.54) is 129 Å². The molecular formula is C58H44N8+2. The first-order valence-electron chi connectivity index (χ1n) is 25.0. The standard InChI is InChI=1S/C58H44N8/c1-27-59-52-45-21-39-30-6-8-31(9-7-30)40(39)22-46(45)54-61-56-49-25-43-34-14-16-35(17-15-34)44(43)26-50(49)57-62-55-48-24-42-33-12-10-32(11-13-33)41(42)23-47(48)53-60-51(63(27)58(64(52)54,65(53)55)66(56)57)36-18-19-37-28-2-4-29(5-3-28)38(37)20-36/h2,4,6,8,10,12,14,16,18-26,28-35H,3,5,7,9,11,13,15,17H2,1H3/q+2/t28?,29?,30?,31?,32?,33?,34?,35?,58-/m0/s1. The first kappa shape index (κ1) is 33.6. The molecule has 0 amide bonds. The van der Waals surface area contributed by atoms with Gasteiger partial charge in [0.15, 0.2) is 0 Å². The van der Waals surface area contributed by atoms with Crippen LogP contribution in [0.4, 0.5) is 11.6 Å². The van der Waals surface area contributed by atoms with Crippen LogP contribution >= 0.6 is 0 Å². The molecule has 0 fully saturated rings. The SMILES string of the molecule is CC1=[N+]2C(c3ccc4c(c3)C3C=CC4CC3)=Nc3c4cc5c(cc4c4n3[C@@]23n2c(c6cc7c(cc6c2=NC2=[N+]3C(=N4)c3cc4c(cc32)C2C=CC4CC2)C2C=CC7CC2)=N1)C1C=CC5CC1. The van der Waals surface area contributed by atoms with Gasteiger partial charge in [0.1, 0.15) is 0 Å². The summed E-state index contributed by atoms with van der Waals surface area (Å²) in [6, 6.07) is 22.4. The largest absolute Gasteiger partial charge is 0.404 e. The van der Waals surface area contributed by atoms with E-state index in [0.29, 0.717) is 47.3 Å². The van der Waals surface area contributed by atoms with Crippen LogP contribution in [0.5, 0.6) is 0 Å². The number of aromatic nitrogens is 2. The van der Waals surface area contributed by atoms with Crippen LogP contribution in [0, 0.1) is 0 Å². The quantitative estimate of drug-likeness (QED) is 0.117. The molecule has 2 aromatic heterocycles. The highest BCUT2D eigenvalue weighted by Gasteiger charge is 2.68. The van der Waals surface area contributed by atoms with Crippen LogP contribution in [0.2, 0.25) is 0 Å². The van der Waals surface area contributed by atoms with Gasteiger partial charge in [0.2, 0.25) is 28.4 Å². The Morgan fingerprint density at radius 2 is 0.864 bits per heavy atom. The molecule has 314 valence electrons. The topological polar surface area (TPSA) is 65.3 Å². The Hall–Kier alpha value is -6.80. The molecule has 23 rings (SSSR count). The second-order valence-electron chi connectivity index (χ2n) is 21.8. The van der Waals surface area contributed by atoms with Crippen molar-refractivity contribution in [1.29, 1.82) is 0 Å². The minimum atomic E-state index is -1.02. The number of benzene rings is 4. The van der Waals surface area contributed by atoms with E-state index in [2.05, 4.69) is 128 Å². The summed E-state index contributed by atoms with van der Waals surface area (Å²) in [6.45, 7) is 2.23. The first-order chi connectivity index (χ1) is 32.6. The Balaban J connectivity index is 1.00. The van der Waals surface area contributed by atoms with Gasteiger partial charge in [-0.2, -0.15) is 13.7 Å². The van der Waals surface area contributed by atoms with Gasteiger partial charge in [-0.05, 0) is 144 Å². The van der Waals surface area contributed by atoms with Crippen molar-refractivity contribution < 1.29 is 9.15 Å². The number of amidine groups is 4. The lowest BCUT2D eigenvalue weighted by atomic mass is 9.70. The van der Waals surface area contributed by atoms with E-state index in [0.717, 1.165) is 51.5 Å². The fourth-order valence-electron chi connectivity index (χ4n) is 16.1. The maximum absolute atomic E-state index is 5.99. The van der Waals surface area contributed by atoms with Crippen molar-refractivity contribution in [3.05, 3.63) is 175 Å². The average molecular weight is 853 g/mol. The van der Waals surface area contributed by atoms with Gasteiger partial charge in [-0.3, -0.25) is 0 Å². The summed E-state index contributed by atoms with van der Waals surface area (Å²) >= 11 is 0. The maximum atomic E-state index is 5.99. The number of fused-ring (bicyclic) bond motifs is 13. The molecular weight excluding hydrogens is 809 g/mol. The summed E-state index contributed by atoms with van der Waals surface area (Å²) < 4.78 is 10.1. The highest BCUT2D eigenvalue weighted by Crippen LogP contribution is 2.57. The Labute approximate surface area is 380 Å². The lowest BCUT2D eigenvalue weighted by molar-refractivity contribution is -0.791. The fourth-order valence-corrected chi connectivity index (χ4v) is 16.1. The first-order valence-corrected chi connectivity index (χ1v) is 25.0. The van der Waals surface area contributed by atoms with Crippen LogP contribution in [0.15, 0.2) is 123 Å². The number of hydrogen-bond acceptors (Lipinski definition) is 4. The normalized spacial score (nSPS) is 32.0. The van der Waals surface area contributed by atoms with Crippen molar-refractivity contribution in [2.24, 2.45) is 20.0 Å².